The number of nitrogen functional groups attached to an aromatic ring is 1. The molecule has 21 heavy (non-hydrogen) atoms. The zero-order valence-corrected chi connectivity index (χ0v) is 12.6. The van der Waals surface area contributed by atoms with E-state index >= 15 is 0 Å². The number of carbonyl (C=O) groups is 2. The van der Waals surface area contributed by atoms with Gasteiger partial charge in [-0.3, -0.25) is 9.59 Å². The summed E-state index contributed by atoms with van der Waals surface area (Å²) in [4.78, 5) is 27.1. The molecule has 1 aromatic carbocycles. The lowest BCUT2D eigenvalue weighted by Gasteiger charge is -2.17. The lowest BCUT2D eigenvalue weighted by atomic mass is 10.1. The largest absolute Gasteiger partial charge is 0.397 e. The number of nitrogens with zero attached hydrogens (tertiary/aromatic N) is 2. The van der Waals surface area contributed by atoms with Crippen LogP contribution in [0, 0.1) is 0 Å². The molecule has 6 heteroatoms. The number of likely N-dealkylation sites (tertiary alicyclic amines) is 1. The van der Waals surface area contributed by atoms with Gasteiger partial charge in [-0.15, -0.1) is 0 Å². The maximum atomic E-state index is 12.0. The van der Waals surface area contributed by atoms with E-state index in [1.54, 1.807) is 32.3 Å². The molecule has 1 heterocycles. The number of hydrogen-bond donors (Lipinski definition) is 2. The van der Waals surface area contributed by atoms with Crippen LogP contribution in [-0.4, -0.2) is 55.3 Å². The minimum Gasteiger partial charge on any atom is -0.397 e. The van der Waals surface area contributed by atoms with Crippen molar-refractivity contribution in [2.75, 3.05) is 44.8 Å². The maximum Gasteiger partial charge on any atom is 0.253 e. The number of nitrogens with one attached hydrogen (secondary N) is 1. The summed E-state index contributed by atoms with van der Waals surface area (Å²) in [6, 6.07) is 5.08. The molecule has 2 rings (SSSR count). The molecule has 1 aromatic rings. The van der Waals surface area contributed by atoms with Crippen LogP contribution in [0.3, 0.4) is 0 Å². The minimum absolute atomic E-state index is 0.0837. The highest BCUT2D eigenvalue weighted by molar-refractivity contribution is 5.96. The van der Waals surface area contributed by atoms with E-state index in [4.69, 9.17) is 5.73 Å². The topological polar surface area (TPSA) is 78.7 Å². The van der Waals surface area contributed by atoms with Crippen LogP contribution in [0.1, 0.15) is 23.2 Å². The van der Waals surface area contributed by atoms with Gasteiger partial charge in [0.25, 0.3) is 5.91 Å². The van der Waals surface area contributed by atoms with Crippen LogP contribution in [0.2, 0.25) is 0 Å². The smallest absolute Gasteiger partial charge is 0.253 e. The van der Waals surface area contributed by atoms with E-state index in [1.165, 1.54) is 4.90 Å². The maximum absolute atomic E-state index is 12.0. The Morgan fingerprint density at radius 1 is 1.29 bits per heavy atom. The Morgan fingerprint density at radius 3 is 2.52 bits per heavy atom. The van der Waals surface area contributed by atoms with Crippen LogP contribution in [0.15, 0.2) is 18.2 Å². The van der Waals surface area contributed by atoms with Crippen molar-refractivity contribution in [1.29, 1.82) is 0 Å². The number of hydrogen-bond acceptors (Lipinski definition) is 4. The number of anilines is 2. The summed E-state index contributed by atoms with van der Waals surface area (Å²) < 4.78 is 0. The number of benzene rings is 1. The van der Waals surface area contributed by atoms with Crippen molar-refractivity contribution >= 4 is 23.2 Å². The van der Waals surface area contributed by atoms with Crippen LogP contribution >= 0.6 is 0 Å². The third-order valence-electron chi connectivity index (χ3n) is 3.59. The highest BCUT2D eigenvalue weighted by Crippen LogP contribution is 2.20. The van der Waals surface area contributed by atoms with E-state index < -0.39 is 0 Å². The molecule has 1 aliphatic heterocycles. The Balaban J connectivity index is 1.97. The summed E-state index contributed by atoms with van der Waals surface area (Å²) in [5, 5.41) is 3.04. The van der Waals surface area contributed by atoms with Gasteiger partial charge < -0.3 is 20.9 Å². The van der Waals surface area contributed by atoms with Crippen LogP contribution < -0.4 is 11.1 Å². The van der Waals surface area contributed by atoms with Crippen molar-refractivity contribution in [2.45, 2.75) is 12.8 Å². The Morgan fingerprint density at radius 2 is 1.95 bits per heavy atom. The molecule has 1 aliphatic rings. The van der Waals surface area contributed by atoms with Gasteiger partial charge in [-0.1, -0.05) is 0 Å². The first kappa shape index (κ1) is 15.2. The number of nitrogens with two attached hydrogens (primary N) is 1. The fourth-order valence-electron chi connectivity index (χ4n) is 2.36. The lowest BCUT2D eigenvalue weighted by molar-refractivity contribution is -0.128. The predicted molar refractivity (Wildman–Crippen MR) is 83.2 cm³/mol. The van der Waals surface area contributed by atoms with Gasteiger partial charge in [-0.2, -0.15) is 0 Å². The summed E-state index contributed by atoms with van der Waals surface area (Å²) in [6.07, 6.45) is 2.16. The average molecular weight is 290 g/mol. The molecule has 2 amide bonds. The highest BCUT2D eigenvalue weighted by atomic mass is 16.2. The van der Waals surface area contributed by atoms with E-state index in [0.717, 1.165) is 25.9 Å². The van der Waals surface area contributed by atoms with Crippen LogP contribution in [0.25, 0.3) is 0 Å². The van der Waals surface area contributed by atoms with Crippen LogP contribution in [0.4, 0.5) is 11.4 Å². The first-order chi connectivity index (χ1) is 9.99. The van der Waals surface area contributed by atoms with Gasteiger partial charge in [0, 0.05) is 32.7 Å². The highest BCUT2D eigenvalue weighted by Gasteiger charge is 2.17. The molecule has 0 spiro atoms. The Kier molecular flexibility index (Phi) is 4.67. The van der Waals surface area contributed by atoms with Crippen molar-refractivity contribution in [3.63, 3.8) is 0 Å². The first-order valence-corrected chi connectivity index (χ1v) is 7.12. The van der Waals surface area contributed by atoms with Crippen molar-refractivity contribution < 1.29 is 9.59 Å². The summed E-state index contributed by atoms with van der Waals surface area (Å²) in [5.41, 5.74) is 7.62. The molecule has 0 saturated carbocycles. The summed E-state index contributed by atoms with van der Waals surface area (Å²) in [5.74, 6) is -0.0123. The normalized spacial score (nSPS) is 14.1. The van der Waals surface area contributed by atoms with Gasteiger partial charge in [-0.25, -0.2) is 0 Å². The Labute approximate surface area is 124 Å². The van der Waals surface area contributed by atoms with E-state index in [9.17, 15) is 9.59 Å². The molecule has 3 N–H and O–H groups in total. The second-order valence-electron chi connectivity index (χ2n) is 5.44. The quantitative estimate of drug-likeness (QED) is 0.811. The summed E-state index contributed by atoms with van der Waals surface area (Å²) in [7, 11) is 3.39. The second-order valence-corrected chi connectivity index (χ2v) is 5.44. The Bertz CT molecular complexity index is 536. The van der Waals surface area contributed by atoms with Crippen molar-refractivity contribution in [1.82, 2.24) is 9.80 Å². The van der Waals surface area contributed by atoms with Gasteiger partial charge in [-0.05, 0) is 31.0 Å². The van der Waals surface area contributed by atoms with E-state index in [0.29, 0.717) is 16.9 Å². The fourth-order valence-corrected chi connectivity index (χ4v) is 2.36. The minimum atomic E-state index is -0.0959. The zero-order chi connectivity index (χ0) is 15.4. The van der Waals surface area contributed by atoms with Gasteiger partial charge in [0.1, 0.15) is 0 Å². The standard InChI is InChI=1S/C15H22N4O2/c1-18(2)15(21)11-5-6-13(12(16)9-11)17-10-14(20)19-7-3-4-8-19/h5-6,9,17H,3-4,7-8,10,16H2,1-2H3. The second kappa shape index (κ2) is 6.47. The summed E-state index contributed by atoms with van der Waals surface area (Å²) >= 11 is 0. The summed E-state index contributed by atoms with van der Waals surface area (Å²) in [6.45, 7) is 1.91. The predicted octanol–water partition coefficient (Wildman–Crippen LogP) is 1.00. The monoisotopic (exact) mass is 290 g/mol. The fraction of sp³-hybridized carbons (Fsp3) is 0.467. The number of amides is 2. The van der Waals surface area contributed by atoms with Gasteiger partial charge in [0.15, 0.2) is 0 Å². The SMILES string of the molecule is CN(C)C(=O)c1ccc(NCC(=O)N2CCCC2)c(N)c1. The zero-order valence-electron chi connectivity index (χ0n) is 12.6. The third-order valence-corrected chi connectivity index (χ3v) is 3.59. The van der Waals surface area contributed by atoms with E-state index in [2.05, 4.69) is 5.32 Å². The number of carbonyl (C=O) groups excluding carboxylic acids is 2. The van der Waals surface area contributed by atoms with Gasteiger partial charge in [0.2, 0.25) is 5.91 Å². The molecule has 0 radical (unpaired) electrons. The van der Waals surface area contributed by atoms with E-state index in [1.807, 2.05) is 4.90 Å². The van der Waals surface area contributed by atoms with Crippen LogP contribution in [0.5, 0.6) is 0 Å². The Hall–Kier alpha value is -2.24. The third kappa shape index (κ3) is 3.65. The molecular weight excluding hydrogens is 268 g/mol. The average Bonchev–Trinajstić information content (AvgIpc) is 2.99. The van der Waals surface area contributed by atoms with Crippen molar-refractivity contribution in [3.05, 3.63) is 23.8 Å². The molecule has 0 aliphatic carbocycles. The lowest BCUT2D eigenvalue weighted by Crippen LogP contribution is -2.33. The van der Waals surface area contributed by atoms with Gasteiger partial charge >= 0.3 is 0 Å². The van der Waals surface area contributed by atoms with Crippen LogP contribution in [-0.2, 0) is 4.79 Å². The number of rotatable bonds is 4. The molecule has 0 bridgehead atoms. The van der Waals surface area contributed by atoms with Crippen molar-refractivity contribution in [2.24, 2.45) is 0 Å². The molecule has 0 atom stereocenters. The molecular formula is C15H22N4O2. The van der Waals surface area contributed by atoms with E-state index in [-0.39, 0.29) is 18.4 Å². The molecule has 0 unspecified atom stereocenters. The first-order valence-electron chi connectivity index (χ1n) is 7.12. The molecule has 1 fully saturated rings. The molecule has 0 aromatic heterocycles. The van der Waals surface area contributed by atoms with Crippen molar-refractivity contribution in [3.8, 4) is 0 Å². The molecule has 6 nitrogen and oxygen atoms in total. The van der Waals surface area contributed by atoms with Gasteiger partial charge in [0.05, 0.1) is 17.9 Å². The molecule has 114 valence electrons. The molecule has 1 saturated heterocycles.